The molecule has 1 aliphatic rings. The van der Waals surface area contributed by atoms with Crippen molar-refractivity contribution in [2.45, 2.75) is 61.6 Å². The minimum absolute atomic E-state index is 0.0272. The van der Waals surface area contributed by atoms with E-state index in [-0.39, 0.29) is 18.4 Å². The van der Waals surface area contributed by atoms with E-state index in [9.17, 15) is 14.7 Å². The van der Waals surface area contributed by atoms with E-state index >= 15 is 0 Å². The molecule has 0 saturated carbocycles. The molecule has 1 amide bonds. The first kappa shape index (κ1) is 26.8. The maximum Gasteiger partial charge on any atom is 0.319 e. The van der Waals surface area contributed by atoms with Crippen molar-refractivity contribution in [3.8, 4) is 0 Å². The molecule has 4 rings (SSSR count). The van der Waals surface area contributed by atoms with E-state index < -0.39 is 10.7 Å². The van der Waals surface area contributed by atoms with Gasteiger partial charge < -0.3 is 15.3 Å². The van der Waals surface area contributed by atoms with E-state index in [1.165, 1.54) is 42.3 Å². The zero-order valence-corrected chi connectivity index (χ0v) is 22.5. The van der Waals surface area contributed by atoms with Gasteiger partial charge in [0.05, 0.1) is 12.5 Å². The summed E-state index contributed by atoms with van der Waals surface area (Å²) >= 11 is 1.30. The molecule has 37 heavy (non-hydrogen) atoms. The largest absolute Gasteiger partial charge is 0.480 e. The van der Waals surface area contributed by atoms with Crippen LogP contribution in [0, 0.1) is 0 Å². The summed E-state index contributed by atoms with van der Waals surface area (Å²) in [5.41, 5.74) is 4.46. The number of anilines is 1. The van der Waals surface area contributed by atoms with E-state index in [2.05, 4.69) is 46.6 Å². The molecule has 0 bridgehead atoms. The van der Waals surface area contributed by atoms with Gasteiger partial charge in [-0.1, -0.05) is 60.7 Å². The van der Waals surface area contributed by atoms with E-state index in [1.54, 1.807) is 13.8 Å². The number of rotatable bonds is 10. The Labute approximate surface area is 224 Å². The highest BCUT2D eigenvalue weighted by Crippen LogP contribution is 2.33. The summed E-state index contributed by atoms with van der Waals surface area (Å²) in [6, 6.07) is 26.2. The number of piperidine rings is 1. The van der Waals surface area contributed by atoms with Gasteiger partial charge in [0.15, 0.2) is 0 Å². The lowest BCUT2D eigenvalue weighted by molar-refractivity contribution is -0.138. The van der Waals surface area contributed by atoms with Crippen LogP contribution in [0.5, 0.6) is 0 Å². The molecule has 6 heteroatoms. The van der Waals surface area contributed by atoms with Gasteiger partial charge in [0.2, 0.25) is 5.91 Å². The number of benzene rings is 3. The van der Waals surface area contributed by atoms with Crippen molar-refractivity contribution in [3.63, 3.8) is 0 Å². The number of carboxylic acid groups (broad SMARTS) is 1. The summed E-state index contributed by atoms with van der Waals surface area (Å²) in [7, 11) is 0. The normalized spacial score (nSPS) is 14.7. The van der Waals surface area contributed by atoms with Crippen molar-refractivity contribution < 1.29 is 14.7 Å². The molecule has 3 aromatic carbocycles. The Kier molecular flexibility index (Phi) is 8.93. The molecular weight excluding hydrogens is 480 g/mol. The van der Waals surface area contributed by atoms with E-state index in [1.807, 2.05) is 42.5 Å². The fraction of sp³-hybridized carbons (Fsp3) is 0.355. The lowest BCUT2D eigenvalue weighted by Gasteiger charge is -2.33. The standard InChI is InChI=1S/C31H36N2O3S/c1-31(2,30(35)36)37-25-17-15-24(16-18-25)22-29(34)32-27(21-23-11-5-3-6-12-23)26-13-7-8-14-28(26)33-19-9-4-10-20-33/h3,5-8,11-18,27H,4,9-10,19-22H2,1-2H3,(H,32,34)(H,35,36). The summed E-state index contributed by atoms with van der Waals surface area (Å²) in [6.07, 6.45) is 4.65. The Balaban J connectivity index is 1.51. The summed E-state index contributed by atoms with van der Waals surface area (Å²) in [5, 5.41) is 12.7. The lowest BCUT2D eigenvalue weighted by Crippen LogP contribution is -2.35. The van der Waals surface area contributed by atoms with Crippen LogP contribution >= 0.6 is 11.8 Å². The van der Waals surface area contributed by atoms with E-state index in [4.69, 9.17) is 0 Å². The van der Waals surface area contributed by atoms with Crippen LogP contribution in [0.25, 0.3) is 0 Å². The third-order valence-corrected chi connectivity index (χ3v) is 8.00. The van der Waals surface area contributed by atoms with Crippen molar-refractivity contribution in [1.29, 1.82) is 0 Å². The van der Waals surface area contributed by atoms with Gasteiger partial charge in [0.25, 0.3) is 0 Å². The van der Waals surface area contributed by atoms with Gasteiger partial charge in [-0.05, 0) is 74.4 Å². The van der Waals surface area contributed by atoms with Crippen LogP contribution in [0.3, 0.4) is 0 Å². The molecule has 0 aromatic heterocycles. The number of nitrogens with zero attached hydrogens (tertiary/aromatic N) is 1. The topological polar surface area (TPSA) is 69.6 Å². The molecule has 5 nitrogen and oxygen atoms in total. The summed E-state index contributed by atoms with van der Waals surface area (Å²) in [4.78, 5) is 28.0. The average Bonchev–Trinajstić information content (AvgIpc) is 2.90. The van der Waals surface area contributed by atoms with Gasteiger partial charge in [-0.15, -0.1) is 11.8 Å². The Morgan fingerprint density at radius 2 is 1.54 bits per heavy atom. The third kappa shape index (κ3) is 7.39. The third-order valence-electron chi connectivity index (χ3n) is 6.80. The predicted octanol–water partition coefficient (Wildman–Crippen LogP) is 6.27. The molecule has 0 aliphatic carbocycles. The first-order valence-electron chi connectivity index (χ1n) is 13.0. The molecule has 2 N–H and O–H groups in total. The zero-order valence-electron chi connectivity index (χ0n) is 21.7. The van der Waals surface area contributed by atoms with Crippen LogP contribution in [0.2, 0.25) is 0 Å². The van der Waals surface area contributed by atoms with Crippen molar-refractivity contribution in [3.05, 3.63) is 95.6 Å². The molecule has 0 spiro atoms. The van der Waals surface area contributed by atoms with E-state index in [0.717, 1.165) is 35.5 Å². The van der Waals surface area contributed by atoms with Crippen molar-refractivity contribution >= 4 is 29.3 Å². The fourth-order valence-electron chi connectivity index (χ4n) is 4.74. The second kappa shape index (κ2) is 12.3. The quantitative estimate of drug-likeness (QED) is 0.311. The number of carbonyl (C=O) groups is 2. The van der Waals surface area contributed by atoms with E-state index in [0.29, 0.717) is 0 Å². The number of carboxylic acids is 1. The van der Waals surface area contributed by atoms with Gasteiger partial charge in [-0.25, -0.2) is 0 Å². The van der Waals surface area contributed by atoms with Crippen LogP contribution < -0.4 is 10.2 Å². The summed E-state index contributed by atoms with van der Waals surface area (Å²) in [5.74, 6) is -0.879. The number of aliphatic carboxylic acids is 1. The molecule has 1 unspecified atom stereocenters. The van der Waals surface area contributed by atoms with Gasteiger partial charge in [-0.3, -0.25) is 9.59 Å². The van der Waals surface area contributed by atoms with Gasteiger partial charge >= 0.3 is 5.97 Å². The smallest absolute Gasteiger partial charge is 0.319 e. The second-order valence-corrected chi connectivity index (χ2v) is 11.9. The molecule has 0 radical (unpaired) electrons. The maximum atomic E-state index is 13.3. The Morgan fingerprint density at radius 1 is 0.892 bits per heavy atom. The van der Waals surface area contributed by atoms with Gasteiger partial charge in [0.1, 0.15) is 4.75 Å². The first-order chi connectivity index (χ1) is 17.8. The highest BCUT2D eigenvalue weighted by Gasteiger charge is 2.28. The van der Waals surface area contributed by atoms with Crippen LogP contribution in [0.1, 0.15) is 55.8 Å². The summed E-state index contributed by atoms with van der Waals surface area (Å²) in [6.45, 7) is 5.48. The Morgan fingerprint density at radius 3 is 2.22 bits per heavy atom. The van der Waals surface area contributed by atoms with Crippen LogP contribution in [-0.4, -0.2) is 34.8 Å². The number of amides is 1. The monoisotopic (exact) mass is 516 g/mol. The molecule has 1 atom stereocenters. The Bertz CT molecular complexity index is 1190. The van der Waals surface area contributed by atoms with Crippen molar-refractivity contribution in [2.75, 3.05) is 18.0 Å². The molecule has 1 heterocycles. The lowest BCUT2D eigenvalue weighted by atomic mass is 9.95. The Hall–Kier alpha value is -3.25. The molecular formula is C31H36N2O3S. The van der Waals surface area contributed by atoms with Gasteiger partial charge in [0, 0.05) is 23.7 Å². The highest BCUT2D eigenvalue weighted by atomic mass is 32.2. The predicted molar refractivity (Wildman–Crippen MR) is 151 cm³/mol. The molecule has 1 saturated heterocycles. The maximum absolute atomic E-state index is 13.3. The van der Waals surface area contributed by atoms with Gasteiger partial charge in [-0.2, -0.15) is 0 Å². The molecule has 1 aliphatic heterocycles. The molecule has 1 fully saturated rings. The minimum Gasteiger partial charge on any atom is -0.480 e. The second-order valence-electron chi connectivity index (χ2n) is 10.2. The number of nitrogens with one attached hydrogen (secondary N) is 1. The van der Waals surface area contributed by atoms with Crippen molar-refractivity contribution in [2.24, 2.45) is 0 Å². The number of hydrogen-bond acceptors (Lipinski definition) is 4. The first-order valence-corrected chi connectivity index (χ1v) is 13.8. The zero-order chi connectivity index (χ0) is 26.3. The van der Waals surface area contributed by atoms with Crippen molar-refractivity contribution in [1.82, 2.24) is 5.32 Å². The number of carbonyl (C=O) groups excluding carboxylic acids is 1. The molecule has 194 valence electrons. The number of thioether (sulfide) groups is 1. The number of hydrogen-bond donors (Lipinski definition) is 2. The molecule has 3 aromatic rings. The minimum atomic E-state index is -0.911. The highest BCUT2D eigenvalue weighted by molar-refractivity contribution is 8.01. The van der Waals surface area contributed by atoms with Crippen LogP contribution in [-0.2, 0) is 22.4 Å². The van der Waals surface area contributed by atoms with Crippen LogP contribution in [0.15, 0.2) is 83.8 Å². The van der Waals surface area contributed by atoms with Crippen LogP contribution in [0.4, 0.5) is 5.69 Å². The average molecular weight is 517 g/mol. The fourth-order valence-corrected chi connectivity index (χ4v) is 5.69. The summed E-state index contributed by atoms with van der Waals surface area (Å²) < 4.78 is -0.911. The number of para-hydroxylation sites is 1. The SMILES string of the molecule is CC(C)(Sc1ccc(CC(=O)NC(Cc2ccccc2)c2ccccc2N2CCCCC2)cc1)C(=O)O.